The van der Waals surface area contributed by atoms with Crippen molar-refractivity contribution in [1.82, 2.24) is 14.9 Å². The van der Waals surface area contributed by atoms with E-state index < -0.39 is 81.1 Å². The third-order valence-electron chi connectivity index (χ3n) is 6.04. The van der Waals surface area contributed by atoms with Crippen molar-refractivity contribution >= 4 is 28.5 Å². The molecular weight excluding hydrogens is 522 g/mol. The van der Waals surface area contributed by atoms with Crippen molar-refractivity contribution in [3.8, 4) is 5.69 Å². The minimum Gasteiger partial charge on any atom is -0.383 e. The largest absolute Gasteiger partial charge is 0.408 e. The van der Waals surface area contributed by atoms with Gasteiger partial charge in [0.1, 0.15) is 35.0 Å². The lowest BCUT2D eigenvalue weighted by atomic mass is 10.0. The number of anilines is 1. The van der Waals surface area contributed by atoms with E-state index in [0.717, 1.165) is 6.07 Å². The third-order valence-corrected chi connectivity index (χ3v) is 6.04. The number of fused-ring (bicyclic) bond motifs is 1. The number of pyridine rings is 2. The van der Waals surface area contributed by atoms with Crippen LogP contribution in [0.3, 0.4) is 0 Å². The number of amides is 1. The van der Waals surface area contributed by atoms with E-state index in [9.17, 15) is 45.8 Å². The minimum atomic E-state index is -4.86. The molecule has 3 aromatic rings. The predicted octanol–water partition coefficient (Wildman–Crippen LogP) is 2.87. The summed E-state index contributed by atoms with van der Waals surface area (Å²) in [6.07, 6.45) is -5.55. The maximum absolute atomic E-state index is 14.8. The van der Waals surface area contributed by atoms with Gasteiger partial charge in [-0.25, -0.2) is 18.2 Å². The van der Waals surface area contributed by atoms with Crippen LogP contribution in [0, 0.1) is 23.4 Å². The summed E-state index contributed by atoms with van der Waals surface area (Å²) < 4.78 is 84.1. The Balaban J connectivity index is 1.95. The molecule has 2 aromatic heterocycles. The van der Waals surface area contributed by atoms with Gasteiger partial charge in [-0.05, 0) is 18.1 Å². The maximum Gasteiger partial charge on any atom is 0.408 e. The molecule has 1 aliphatic rings. The van der Waals surface area contributed by atoms with Crippen LogP contribution in [0.2, 0.25) is 0 Å². The molecule has 0 radical (unpaired) electrons. The first-order valence-corrected chi connectivity index (χ1v) is 11.2. The number of rotatable bonds is 5. The van der Waals surface area contributed by atoms with Gasteiger partial charge in [0.05, 0.1) is 18.5 Å². The first-order valence-electron chi connectivity index (χ1n) is 11.2. The van der Waals surface area contributed by atoms with E-state index in [1.165, 1.54) is 24.8 Å². The van der Waals surface area contributed by atoms with E-state index in [0.29, 0.717) is 22.9 Å². The molecule has 1 aliphatic heterocycles. The van der Waals surface area contributed by atoms with Gasteiger partial charge in [0, 0.05) is 18.3 Å². The highest BCUT2D eigenvalue weighted by Gasteiger charge is 2.43. The summed E-state index contributed by atoms with van der Waals surface area (Å²) in [5.41, 5.74) is -3.35. The van der Waals surface area contributed by atoms with Crippen molar-refractivity contribution in [1.29, 1.82) is 0 Å². The van der Waals surface area contributed by atoms with Crippen molar-refractivity contribution in [3.63, 3.8) is 0 Å². The monoisotopic (exact) mass is 542 g/mol. The van der Waals surface area contributed by atoms with Gasteiger partial charge in [0.25, 0.3) is 5.91 Å². The smallest absolute Gasteiger partial charge is 0.383 e. The highest BCUT2D eigenvalue weighted by atomic mass is 19.4. The number of aromatic nitrogens is 2. The highest BCUT2D eigenvalue weighted by molar-refractivity contribution is 5.98. The van der Waals surface area contributed by atoms with E-state index in [1.54, 1.807) is 5.32 Å². The summed E-state index contributed by atoms with van der Waals surface area (Å²) in [6, 6.07) is 0.688. The lowest BCUT2D eigenvalue weighted by Gasteiger charge is -2.25. The molecule has 1 saturated heterocycles. The lowest BCUT2D eigenvalue weighted by Crippen LogP contribution is -2.49. The van der Waals surface area contributed by atoms with Crippen LogP contribution in [0.5, 0.6) is 0 Å². The second-order valence-electron chi connectivity index (χ2n) is 9.10. The van der Waals surface area contributed by atoms with E-state index in [-0.39, 0.29) is 18.9 Å². The van der Waals surface area contributed by atoms with Crippen molar-refractivity contribution < 1.29 is 41.0 Å². The number of nitrogens with one attached hydrogen (secondary N) is 1. The lowest BCUT2D eigenvalue weighted by molar-refractivity contribution is -0.162. The van der Waals surface area contributed by atoms with E-state index in [2.05, 4.69) is 4.98 Å². The van der Waals surface area contributed by atoms with Gasteiger partial charge in [0.15, 0.2) is 23.1 Å². The zero-order valence-electron chi connectivity index (χ0n) is 19.8. The number of β-amino-alcohol motifs (C(OH)–C–C–N with tert-alkyl or cyclic N) is 1. The number of carbonyl (C=O) groups excluding carboxylic acids is 2. The van der Waals surface area contributed by atoms with Crippen LogP contribution in [0.25, 0.3) is 16.7 Å². The Labute approximate surface area is 210 Å². The summed E-state index contributed by atoms with van der Waals surface area (Å²) in [7, 11) is 0. The molecule has 8 nitrogen and oxygen atoms in total. The fourth-order valence-corrected chi connectivity index (χ4v) is 4.15. The summed E-state index contributed by atoms with van der Waals surface area (Å²) in [6.45, 7) is 1.99. The molecule has 202 valence electrons. The van der Waals surface area contributed by atoms with E-state index >= 15 is 0 Å². The number of Topliss-reactive ketones (excluding diaryl/α,β-unsaturated/α-hetero) is 1. The van der Waals surface area contributed by atoms with E-state index in [1.807, 2.05) is 0 Å². The molecule has 1 aromatic carbocycles. The second kappa shape index (κ2) is 9.74. The third kappa shape index (κ3) is 4.95. The zero-order valence-corrected chi connectivity index (χ0v) is 19.8. The Bertz CT molecular complexity index is 1480. The van der Waals surface area contributed by atoms with Crippen LogP contribution in [0.1, 0.15) is 24.2 Å². The van der Waals surface area contributed by atoms with Crippen molar-refractivity contribution in [2.24, 2.45) is 5.92 Å². The Hall–Kier alpha value is -3.94. The Morgan fingerprint density at radius 2 is 1.76 bits per heavy atom. The Morgan fingerprint density at radius 1 is 1.13 bits per heavy atom. The van der Waals surface area contributed by atoms with Crippen LogP contribution in [-0.2, 0) is 4.79 Å². The van der Waals surface area contributed by atoms with Gasteiger partial charge in [0.2, 0.25) is 5.43 Å². The molecule has 4 rings (SSSR count). The molecule has 1 fully saturated rings. The molecule has 2 atom stereocenters. The SMILES string of the molecule is CC(C)C(NC(=O)c1cn(-c2c(F)cc(F)cc2F)c2nc(N3CC(=O)[C@H](O)C3)ccc2c1=O)C(F)(F)F. The summed E-state index contributed by atoms with van der Waals surface area (Å²) >= 11 is 0. The topological polar surface area (TPSA) is 105 Å². The molecule has 1 unspecified atom stereocenters. The number of benzene rings is 1. The van der Waals surface area contributed by atoms with Gasteiger partial charge in [-0.1, -0.05) is 13.8 Å². The second-order valence-corrected chi connectivity index (χ2v) is 9.10. The molecule has 0 spiro atoms. The molecule has 1 amide bonds. The molecule has 0 bridgehead atoms. The summed E-state index contributed by atoms with van der Waals surface area (Å²) in [5.74, 6) is -7.24. The average Bonchev–Trinajstić information content (AvgIpc) is 3.15. The number of hydrogen-bond donors (Lipinski definition) is 2. The van der Waals surface area contributed by atoms with Crippen LogP contribution in [-0.4, -0.2) is 57.8 Å². The zero-order chi connectivity index (χ0) is 28.1. The van der Waals surface area contributed by atoms with Crippen molar-refractivity contribution in [3.05, 3.63) is 63.7 Å². The van der Waals surface area contributed by atoms with Gasteiger partial charge in [-0.15, -0.1) is 0 Å². The molecule has 0 aliphatic carbocycles. The summed E-state index contributed by atoms with van der Waals surface area (Å²) in [4.78, 5) is 43.3. The van der Waals surface area contributed by atoms with Crippen LogP contribution in [0.15, 0.2) is 35.3 Å². The van der Waals surface area contributed by atoms with Crippen molar-refractivity contribution in [2.45, 2.75) is 32.2 Å². The Kier molecular flexibility index (Phi) is 6.95. The van der Waals surface area contributed by atoms with Crippen molar-refractivity contribution in [2.75, 3.05) is 18.0 Å². The van der Waals surface area contributed by atoms with Crippen LogP contribution >= 0.6 is 0 Å². The minimum absolute atomic E-state index is 0.0209. The fraction of sp³-hybridized carbons (Fsp3) is 0.333. The number of nitrogens with zero attached hydrogens (tertiary/aromatic N) is 3. The number of alkyl halides is 3. The van der Waals surface area contributed by atoms with Crippen LogP contribution in [0.4, 0.5) is 32.2 Å². The van der Waals surface area contributed by atoms with Crippen LogP contribution < -0.4 is 15.6 Å². The highest BCUT2D eigenvalue weighted by Crippen LogP contribution is 2.28. The first-order chi connectivity index (χ1) is 17.7. The number of ketones is 1. The number of halogens is 6. The average molecular weight is 542 g/mol. The number of aliphatic hydroxyl groups excluding tert-OH is 1. The molecular formula is C24H20F6N4O4. The molecule has 14 heteroatoms. The Morgan fingerprint density at radius 3 is 2.29 bits per heavy atom. The molecule has 2 N–H and O–H groups in total. The standard InChI is InChI=1S/C24H20F6N4O4/c1-10(2)21(24(28,29)30)32-23(38)13-7-34(19-14(26)5-11(25)6-15(19)27)22-12(20(13)37)3-4-18(31-22)33-8-16(35)17(36)9-33/h3-7,10,16,21,35H,8-9H2,1-2H3,(H,32,38)/t16-,21?/m1/s1. The number of aliphatic hydroxyl groups is 1. The van der Waals surface area contributed by atoms with E-state index in [4.69, 9.17) is 0 Å². The maximum atomic E-state index is 14.8. The van der Waals surface area contributed by atoms with Gasteiger partial charge < -0.3 is 15.3 Å². The van der Waals surface area contributed by atoms with Gasteiger partial charge in [-0.2, -0.15) is 13.2 Å². The predicted molar refractivity (Wildman–Crippen MR) is 123 cm³/mol. The summed E-state index contributed by atoms with van der Waals surface area (Å²) in [5, 5.41) is 11.1. The fourth-order valence-electron chi connectivity index (χ4n) is 4.15. The normalized spacial score (nSPS) is 16.9. The number of hydrogen-bond acceptors (Lipinski definition) is 6. The molecule has 3 heterocycles. The molecule has 0 saturated carbocycles. The quantitative estimate of drug-likeness (QED) is 0.481. The molecule has 38 heavy (non-hydrogen) atoms. The first kappa shape index (κ1) is 27.1. The van der Waals surface area contributed by atoms with Gasteiger partial charge in [-0.3, -0.25) is 19.0 Å². The number of carbonyl (C=O) groups is 2. The van der Waals surface area contributed by atoms with Gasteiger partial charge >= 0.3 is 6.18 Å².